The van der Waals surface area contributed by atoms with Crippen molar-refractivity contribution in [2.75, 3.05) is 0 Å². The fraction of sp³-hybridized carbons (Fsp3) is 0.688. The van der Waals surface area contributed by atoms with Gasteiger partial charge >= 0.3 is 0 Å². The van der Waals surface area contributed by atoms with E-state index in [0.717, 1.165) is 53.5 Å². The van der Waals surface area contributed by atoms with Gasteiger partial charge in [-0.2, -0.15) is 0 Å². The molecule has 0 amide bonds. The highest BCUT2D eigenvalue weighted by molar-refractivity contribution is 5.94. The molecule has 2 aromatic rings. The molecule has 36 heavy (non-hydrogen) atoms. The van der Waals surface area contributed by atoms with Crippen molar-refractivity contribution in [1.82, 2.24) is 0 Å². The quantitative estimate of drug-likeness (QED) is 0.347. The number of hydrogen-bond acceptors (Lipinski definition) is 4. The number of hydrogen-bond donors (Lipinski definition) is 4. The summed E-state index contributed by atoms with van der Waals surface area (Å²) >= 11 is 0. The highest BCUT2D eigenvalue weighted by atomic mass is 16.3. The number of nitrogens with two attached hydrogens (primary N) is 2. The molecule has 2 atom stereocenters. The normalized spacial score (nSPS) is 27.7. The first-order valence-electron chi connectivity index (χ1n) is 14.3. The molecular weight excluding hydrogens is 444 g/mol. The van der Waals surface area contributed by atoms with Crippen molar-refractivity contribution >= 4 is 10.8 Å². The van der Waals surface area contributed by atoms with Crippen LogP contribution in [0.2, 0.25) is 0 Å². The van der Waals surface area contributed by atoms with Gasteiger partial charge in [-0.3, -0.25) is 0 Å². The molecule has 6 N–H and O–H groups in total. The summed E-state index contributed by atoms with van der Waals surface area (Å²) in [6.07, 6.45) is 9.09. The Kier molecular flexibility index (Phi) is 7.70. The molecule has 0 saturated heterocycles. The van der Waals surface area contributed by atoms with E-state index in [1.165, 1.54) is 25.7 Å². The first-order chi connectivity index (χ1) is 16.8. The monoisotopic (exact) mass is 494 g/mol. The van der Waals surface area contributed by atoms with Crippen molar-refractivity contribution in [3.8, 4) is 11.5 Å². The second-order valence-corrected chi connectivity index (χ2v) is 14.1. The number of fused-ring (bicyclic) bond motifs is 1. The lowest BCUT2D eigenvalue weighted by Crippen LogP contribution is -2.31. The van der Waals surface area contributed by atoms with E-state index < -0.39 is 0 Å². The summed E-state index contributed by atoms with van der Waals surface area (Å²) < 4.78 is 0. The smallest absolute Gasteiger partial charge is 0.128 e. The number of phenols is 2. The zero-order valence-electron chi connectivity index (χ0n) is 23.5. The predicted octanol–water partition coefficient (Wildman–Crippen LogP) is 7.96. The molecule has 0 bridgehead atoms. The lowest BCUT2D eigenvalue weighted by atomic mass is 9.67. The Hall–Kier alpha value is -1.78. The second kappa shape index (κ2) is 10.2. The molecule has 2 aliphatic carbocycles. The van der Waals surface area contributed by atoms with Gasteiger partial charge in [-0.05, 0) is 103 Å². The molecule has 0 aromatic heterocycles. The average molecular weight is 495 g/mol. The molecule has 2 saturated carbocycles. The molecule has 4 nitrogen and oxygen atoms in total. The lowest BCUT2D eigenvalue weighted by Gasteiger charge is -2.39. The number of rotatable bonds is 4. The fourth-order valence-corrected chi connectivity index (χ4v) is 7.22. The van der Waals surface area contributed by atoms with Crippen LogP contribution in [0.4, 0.5) is 0 Å². The highest BCUT2D eigenvalue weighted by Crippen LogP contribution is 2.48. The van der Waals surface area contributed by atoms with Gasteiger partial charge in [0.25, 0.3) is 0 Å². The molecule has 4 heteroatoms. The van der Waals surface area contributed by atoms with Crippen molar-refractivity contribution in [2.24, 2.45) is 46.0 Å². The predicted molar refractivity (Wildman–Crippen MR) is 151 cm³/mol. The van der Waals surface area contributed by atoms with Gasteiger partial charge in [-0.1, -0.05) is 53.7 Å². The third kappa shape index (κ3) is 5.41. The summed E-state index contributed by atoms with van der Waals surface area (Å²) in [6.45, 7) is 14.0. The topological polar surface area (TPSA) is 92.5 Å². The highest BCUT2D eigenvalue weighted by Gasteiger charge is 2.35. The van der Waals surface area contributed by atoms with Gasteiger partial charge in [-0.15, -0.1) is 0 Å². The fourth-order valence-electron chi connectivity index (χ4n) is 7.22. The summed E-state index contributed by atoms with van der Waals surface area (Å²) in [5.41, 5.74) is 15.9. The van der Waals surface area contributed by atoms with Crippen LogP contribution in [0.15, 0.2) is 24.3 Å². The van der Waals surface area contributed by atoms with Crippen LogP contribution in [-0.2, 0) is 0 Å². The molecule has 200 valence electrons. The van der Waals surface area contributed by atoms with Gasteiger partial charge in [0, 0.05) is 28.6 Å². The van der Waals surface area contributed by atoms with Gasteiger partial charge in [0.05, 0.1) is 0 Å². The lowest BCUT2D eigenvalue weighted by molar-refractivity contribution is 0.139. The van der Waals surface area contributed by atoms with Crippen molar-refractivity contribution < 1.29 is 10.2 Å². The third-order valence-corrected chi connectivity index (χ3v) is 9.92. The zero-order valence-corrected chi connectivity index (χ0v) is 23.5. The van der Waals surface area contributed by atoms with Crippen molar-refractivity contribution in [3.05, 3.63) is 35.4 Å². The van der Waals surface area contributed by atoms with Gasteiger partial charge in [-0.25, -0.2) is 0 Å². The van der Waals surface area contributed by atoms with E-state index in [2.05, 4.69) is 41.5 Å². The Morgan fingerprint density at radius 1 is 0.639 bits per heavy atom. The summed E-state index contributed by atoms with van der Waals surface area (Å²) in [6, 6.07) is 7.09. The van der Waals surface area contributed by atoms with Crippen molar-refractivity contribution in [3.63, 3.8) is 0 Å². The Morgan fingerprint density at radius 2 is 1.08 bits per heavy atom. The Labute approximate surface area is 218 Å². The molecule has 0 aliphatic heterocycles. The largest absolute Gasteiger partial charge is 0.508 e. The van der Waals surface area contributed by atoms with E-state index in [1.54, 1.807) is 6.07 Å². The molecule has 0 heterocycles. The summed E-state index contributed by atoms with van der Waals surface area (Å²) in [5.74, 6) is 2.64. The van der Waals surface area contributed by atoms with Crippen LogP contribution in [0.5, 0.6) is 11.5 Å². The van der Waals surface area contributed by atoms with E-state index in [-0.39, 0.29) is 23.6 Å². The van der Waals surface area contributed by atoms with Gasteiger partial charge in [0.1, 0.15) is 11.5 Å². The Balaban J connectivity index is 1.56. The standard InChI is InChI=1S/C32H50N2O2/c1-31(2,3)21-11-7-19(8-12-21)28(33)25-16-15-23-24(30(25)36)17-18-26(35)27(23)29(34)20-9-13-22(14-10-20)32(4,5)6/h15-22,28-29,35-36H,7-14,33-34H2,1-6H3. The van der Waals surface area contributed by atoms with Crippen LogP contribution < -0.4 is 11.5 Å². The molecule has 2 fully saturated rings. The van der Waals surface area contributed by atoms with E-state index in [0.29, 0.717) is 28.6 Å². The minimum Gasteiger partial charge on any atom is -0.508 e. The van der Waals surface area contributed by atoms with Gasteiger partial charge in [0.2, 0.25) is 0 Å². The Bertz CT molecular complexity index is 1050. The maximum Gasteiger partial charge on any atom is 0.128 e. The van der Waals surface area contributed by atoms with Crippen LogP contribution in [0.25, 0.3) is 10.8 Å². The molecule has 4 rings (SSSR count). The van der Waals surface area contributed by atoms with Crippen LogP contribution >= 0.6 is 0 Å². The summed E-state index contributed by atoms with van der Waals surface area (Å²) in [4.78, 5) is 0. The molecular formula is C32H50N2O2. The average Bonchev–Trinajstić information content (AvgIpc) is 2.82. The van der Waals surface area contributed by atoms with Crippen LogP contribution in [-0.4, -0.2) is 10.2 Å². The number of aromatic hydroxyl groups is 2. The maximum atomic E-state index is 11.4. The van der Waals surface area contributed by atoms with Gasteiger partial charge < -0.3 is 21.7 Å². The number of phenolic OH excluding ortho intramolecular Hbond substituents is 2. The summed E-state index contributed by atoms with van der Waals surface area (Å²) in [5, 5.41) is 23.8. The molecule has 0 radical (unpaired) electrons. The van der Waals surface area contributed by atoms with Crippen LogP contribution in [0.3, 0.4) is 0 Å². The minimum atomic E-state index is -0.249. The zero-order chi connectivity index (χ0) is 26.4. The molecule has 2 unspecified atom stereocenters. The van der Waals surface area contributed by atoms with E-state index >= 15 is 0 Å². The Morgan fingerprint density at radius 3 is 1.56 bits per heavy atom. The van der Waals surface area contributed by atoms with E-state index in [1.807, 2.05) is 18.2 Å². The van der Waals surface area contributed by atoms with Crippen LogP contribution in [0, 0.1) is 34.5 Å². The van der Waals surface area contributed by atoms with E-state index in [4.69, 9.17) is 11.5 Å². The van der Waals surface area contributed by atoms with E-state index in [9.17, 15) is 10.2 Å². The SMILES string of the molecule is CC(C)(C)C1CCC(C(N)c2ccc3c(C(N)C4CCC(C(C)(C)C)CC4)c(O)ccc3c2O)CC1. The first-order valence-corrected chi connectivity index (χ1v) is 14.3. The second-order valence-electron chi connectivity index (χ2n) is 14.1. The minimum absolute atomic E-state index is 0.186. The van der Waals surface area contributed by atoms with Crippen molar-refractivity contribution in [2.45, 2.75) is 105 Å². The summed E-state index contributed by atoms with van der Waals surface area (Å²) in [7, 11) is 0. The molecule has 2 aromatic carbocycles. The molecule has 0 spiro atoms. The third-order valence-electron chi connectivity index (χ3n) is 9.92. The first kappa shape index (κ1) is 27.3. The number of benzene rings is 2. The maximum absolute atomic E-state index is 11.4. The van der Waals surface area contributed by atoms with Gasteiger partial charge in [0.15, 0.2) is 0 Å². The van der Waals surface area contributed by atoms with Crippen molar-refractivity contribution in [1.29, 1.82) is 0 Å². The van der Waals surface area contributed by atoms with Crippen LogP contribution in [0.1, 0.15) is 116 Å². The molecule has 2 aliphatic rings.